The summed E-state index contributed by atoms with van der Waals surface area (Å²) in [5, 5.41) is 9.35. The molecule has 0 unspecified atom stereocenters. The van der Waals surface area contributed by atoms with Gasteiger partial charge in [0.05, 0.1) is 31.8 Å². The zero-order valence-electron chi connectivity index (χ0n) is 24.9. The molecule has 0 saturated heterocycles. The average molecular weight is 638 g/mol. The molecule has 0 saturated carbocycles. The summed E-state index contributed by atoms with van der Waals surface area (Å²) in [6.07, 6.45) is 0. The molecule has 11 aromatic rings. The predicted octanol–water partition coefficient (Wildman–Crippen LogP) is 13.7. The number of para-hydroxylation sites is 2. The van der Waals surface area contributed by atoms with Gasteiger partial charge in [0.1, 0.15) is 16.7 Å². The number of hydrogen-bond acceptors (Lipinski definition) is 5. The van der Waals surface area contributed by atoms with Crippen molar-refractivity contribution in [3.8, 4) is 0 Å². The van der Waals surface area contributed by atoms with Crippen molar-refractivity contribution < 1.29 is 8.83 Å². The zero-order chi connectivity index (χ0) is 30.6. The van der Waals surface area contributed by atoms with Crippen LogP contribution in [0.2, 0.25) is 0 Å². The van der Waals surface area contributed by atoms with Gasteiger partial charge < -0.3 is 13.7 Å². The maximum Gasteiger partial charge on any atom is 0.159 e. The van der Waals surface area contributed by atoms with Crippen molar-refractivity contribution in [2.24, 2.45) is 0 Å². The molecular formula is C42H23NO2S2. The fourth-order valence-electron chi connectivity index (χ4n) is 7.43. The number of furan rings is 2. The van der Waals surface area contributed by atoms with Crippen molar-refractivity contribution in [3.63, 3.8) is 0 Å². The van der Waals surface area contributed by atoms with E-state index in [2.05, 4.69) is 132 Å². The molecule has 0 N–H and O–H groups in total. The molecule has 0 aliphatic rings. The topological polar surface area (TPSA) is 29.5 Å². The number of rotatable bonds is 3. The van der Waals surface area contributed by atoms with Crippen LogP contribution in [0.1, 0.15) is 0 Å². The Hall–Kier alpha value is -5.62. The van der Waals surface area contributed by atoms with Gasteiger partial charge in [-0.15, -0.1) is 22.7 Å². The van der Waals surface area contributed by atoms with Crippen molar-refractivity contribution in [3.05, 3.63) is 140 Å². The first-order valence-corrected chi connectivity index (χ1v) is 17.3. The highest BCUT2D eigenvalue weighted by atomic mass is 32.1. The predicted molar refractivity (Wildman–Crippen MR) is 201 cm³/mol. The fourth-order valence-corrected chi connectivity index (χ4v) is 9.84. The smallest absolute Gasteiger partial charge is 0.159 e. The van der Waals surface area contributed by atoms with Crippen LogP contribution < -0.4 is 4.90 Å². The minimum Gasteiger partial charge on any atom is -0.456 e. The van der Waals surface area contributed by atoms with E-state index in [0.29, 0.717) is 0 Å². The molecule has 0 aliphatic carbocycles. The van der Waals surface area contributed by atoms with Gasteiger partial charge in [0.2, 0.25) is 0 Å². The van der Waals surface area contributed by atoms with Crippen LogP contribution in [0.25, 0.3) is 84.2 Å². The van der Waals surface area contributed by atoms with Gasteiger partial charge in [-0.05, 0) is 48.5 Å². The summed E-state index contributed by atoms with van der Waals surface area (Å²) in [7, 11) is 0. The molecule has 47 heavy (non-hydrogen) atoms. The molecule has 0 amide bonds. The van der Waals surface area contributed by atoms with E-state index >= 15 is 0 Å². The first kappa shape index (κ1) is 25.6. The Bertz CT molecular complexity index is 2930. The molecule has 11 rings (SSSR count). The Morgan fingerprint density at radius 2 is 0.894 bits per heavy atom. The number of hydrogen-bond donors (Lipinski definition) is 0. The van der Waals surface area contributed by atoms with Crippen molar-refractivity contribution in [1.82, 2.24) is 0 Å². The van der Waals surface area contributed by atoms with Crippen LogP contribution in [0.4, 0.5) is 17.1 Å². The van der Waals surface area contributed by atoms with Crippen LogP contribution in [-0.4, -0.2) is 0 Å². The van der Waals surface area contributed by atoms with E-state index < -0.39 is 0 Å². The van der Waals surface area contributed by atoms with Crippen LogP contribution in [0, 0.1) is 0 Å². The molecular weight excluding hydrogens is 615 g/mol. The maximum absolute atomic E-state index is 7.03. The third-order valence-corrected chi connectivity index (χ3v) is 11.9. The number of benzene rings is 7. The molecule has 0 spiro atoms. The largest absolute Gasteiger partial charge is 0.456 e. The van der Waals surface area contributed by atoms with Gasteiger partial charge in [-0.2, -0.15) is 0 Å². The molecule has 0 bridgehead atoms. The van der Waals surface area contributed by atoms with Gasteiger partial charge in [0.15, 0.2) is 5.58 Å². The Morgan fingerprint density at radius 1 is 0.362 bits per heavy atom. The van der Waals surface area contributed by atoms with E-state index in [-0.39, 0.29) is 0 Å². The summed E-state index contributed by atoms with van der Waals surface area (Å²) in [4.78, 5) is 2.44. The highest BCUT2D eigenvalue weighted by Crippen LogP contribution is 2.51. The van der Waals surface area contributed by atoms with E-state index in [0.717, 1.165) is 60.9 Å². The van der Waals surface area contributed by atoms with Gasteiger partial charge in [-0.3, -0.25) is 0 Å². The van der Waals surface area contributed by atoms with Crippen molar-refractivity contribution in [1.29, 1.82) is 0 Å². The Balaban J connectivity index is 1.28. The molecule has 0 atom stereocenters. The first-order valence-electron chi connectivity index (χ1n) is 15.7. The van der Waals surface area contributed by atoms with Crippen LogP contribution in [0.3, 0.4) is 0 Å². The molecule has 220 valence electrons. The van der Waals surface area contributed by atoms with E-state index in [1.165, 1.54) is 40.3 Å². The van der Waals surface area contributed by atoms with Crippen molar-refractivity contribution in [2.45, 2.75) is 0 Å². The van der Waals surface area contributed by atoms with E-state index in [9.17, 15) is 0 Å². The monoisotopic (exact) mass is 637 g/mol. The van der Waals surface area contributed by atoms with Gasteiger partial charge in [0.25, 0.3) is 0 Å². The quantitative estimate of drug-likeness (QED) is 0.193. The Labute approximate surface area is 276 Å². The SMILES string of the molecule is c1ccc2c(c1)oc1ccc3c4cccc(N(c5cccc6c5sc5ccccc56)c5cccc6c5sc5ccccc56)c4oc3c12. The van der Waals surface area contributed by atoms with Crippen molar-refractivity contribution in [2.75, 3.05) is 4.90 Å². The second-order valence-electron chi connectivity index (χ2n) is 12.0. The number of anilines is 3. The van der Waals surface area contributed by atoms with Gasteiger partial charge >= 0.3 is 0 Å². The molecule has 5 heteroatoms. The summed E-state index contributed by atoms with van der Waals surface area (Å²) in [6.45, 7) is 0. The summed E-state index contributed by atoms with van der Waals surface area (Å²) in [5.74, 6) is 0. The van der Waals surface area contributed by atoms with Gasteiger partial charge in [0, 0.05) is 47.1 Å². The summed E-state index contributed by atoms with van der Waals surface area (Å²) in [5.41, 5.74) is 6.70. The lowest BCUT2D eigenvalue weighted by Crippen LogP contribution is -2.10. The highest BCUT2D eigenvalue weighted by molar-refractivity contribution is 7.27. The van der Waals surface area contributed by atoms with Crippen LogP contribution in [-0.2, 0) is 0 Å². The molecule has 0 aliphatic heterocycles. The normalized spacial score (nSPS) is 12.3. The molecule has 3 nitrogen and oxygen atoms in total. The average Bonchev–Trinajstić information content (AvgIpc) is 3.88. The molecule has 0 fully saturated rings. The van der Waals surface area contributed by atoms with Crippen LogP contribution >= 0.6 is 22.7 Å². The number of fused-ring (bicyclic) bond motifs is 13. The minimum absolute atomic E-state index is 0.834. The Kier molecular flexibility index (Phi) is 5.14. The fraction of sp³-hybridized carbons (Fsp3) is 0. The number of thiophene rings is 2. The summed E-state index contributed by atoms with van der Waals surface area (Å²) >= 11 is 3.70. The lowest BCUT2D eigenvalue weighted by molar-refractivity contribution is 0.663. The third-order valence-electron chi connectivity index (χ3n) is 9.47. The second kappa shape index (κ2) is 9.46. The highest BCUT2D eigenvalue weighted by Gasteiger charge is 2.25. The van der Waals surface area contributed by atoms with E-state index in [4.69, 9.17) is 8.83 Å². The Morgan fingerprint density at radius 3 is 1.57 bits per heavy atom. The third kappa shape index (κ3) is 3.50. The van der Waals surface area contributed by atoms with Crippen LogP contribution in [0.15, 0.2) is 148 Å². The zero-order valence-corrected chi connectivity index (χ0v) is 26.5. The van der Waals surface area contributed by atoms with E-state index in [1.54, 1.807) is 0 Å². The van der Waals surface area contributed by atoms with Gasteiger partial charge in [-0.1, -0.05) is 91.0 Å². The molecule has 4 aromatic heterocycles. The first-order chi connectivity index (χ1) is 23.3. The standard InChI is InChI=1S/C42H23NO2S2/c1-4-19-34-30(12-1)38-35(44-34)23-22-27-26-13-7-16-31(39(26)45-40(27)38)43(32-17-8-14-28-24-10-2-5-20-36(24)46-41(28)32)33-18-9-15-29-25-11-3-6-21-37(25)47-42(29)33/h1-23H. The van der Waals surface area contributed by atoms with E-state index in [1.807, 2.05) is 34.8 Å². The van der Waals surface area contributed by atoms with Gasteiger partial charge in [-0.25, -0.2) is 0 Å². The lowest BCUT2D eigenvalue weighted by atomic mass is 10.1. The molecule has 4 heterocycles. The second-order valence-corrected chi connectivity index (χ2v) is 14.1. The molecule has 7 aromatic carbocycles. The summed E-state index contributed by atoms with van der Waals surface area (Å²) < 4.78 is 18.4. The number of nitrogens with zero attached hydrogens (tertiary/aromatic N) is 1. The molecule has 0 radical (unpaired) electrons. The lowest BCUT2D eigenvalue weighted by Gasteiger charge is -2.26. The summed E-state index contributed by atoms with van der Waals surface area (Å²) in [6, 6.07) is 49.8. The maximum atomic E-state index is 7.03. The minimum atomic E-state index is 0.834. The van der Waals surface area contributed by atoms with Crippen molar-refractivity contribution >= 4 is 124 Å². The van der Waals surface area contributed by atoms with Crippen LogP contribution in [0.5, 0.6) is 0 Å².